The number of esters is 1. The summed E-state index contributed by atoms with van der Waals surface area (Å²) in [4.78, 5) is 41.7. The van der Waals surface area contributed by atoms with Crippen molar-refractivity contribution in [3.8, 4) is 5.75 Å². The van der Waals surface area contributed by atoms with Crippen LogP contribution in [0.4, 0.5) is 11.4 Å². The number of aromatic nitrogens is 1. The maximum atomic E-state index is 12.8. The molecule has 0 aliphatic carbocycles. The Morgan fingerprint density at radius 1 is 1.12 bits per heavy atom. The predicted octanol–water partition coefficient (Wildman–Crippen LogP) is 4.66. The molecule has 0 fully saturated rings. The third kappa shape index (κ3) is 5.70. The first-order valence-corrected chi connectivity index (χ1v) is 10.8. The number of carbonyl (C=O) groups is 2. The van der Waals surface area contributed by atoms with Gasteiger partial charge in [0.15, 0.2) is 0 Å². The number of aryl methyl sites for hydroxylation is 1. The van der Waals surface area contributed by atoms with E-state index in [1.54, 1.807) is 11.0 Å². The standard InChI is InChI=1S/C23H21N3O5S/c1-3-25(17-8-4-7-16(2)13-17)21(27)15-32-22-20(11-6-12-24-22)23(28)31-19-10-5-9-18(14-19)26(29)30/h4-14H,3,15H2,1-2H3. The molecule has 1 amide bonds. The van der Waals surface area contributed by atoms with Crippen LogP contribution in [-0.4, -0.2) is 34.1 Å². The van der Waals surface area contributed by atoms with Crippen LogP contribution in [0.25, 0.3) is 0 Å². The van der Waals surface area contributed by atoms with Gasteiger partial charge in [-0.3, -0.25) is 14.9 Å². The minimum atomic E-state index is -0.709. The Hall–Kier alpha value is -3.72. The molecule has 0 radical (unpaired) electrons. The lowest BCUT2D eigenvalue weighted by Gasteiger charge is -2.21. The number of thioether (sulfide) groups is 1. The van der Waals surface area contributed by atoms with Crippen molar-refractivity contribution >= 4 is 35.0 Å². The summed E-state index contributed by atoms with van der Waals surface area (Å²) in [5.74, 6) is -0.696. The van der Waals surface area contributed by atoms with Gasteiger partial charge in [0.05, 0.1) is 22.3 Å². The number of anilines is 1. The number of nitro groups is 1. The number of benzene rings is 2. The van der Waals surface area contributed by atoms with E-state index in [1.807, 2.05) is 38.1 Å². The van der Waals surface area contributed by atoms with Gasteiger partial charge in [-0.15, -0.1) is 0 Å². The number of nitro benzene ring substituents is 1. The number of carbonyl (C=O) groups excluding carboxylic acids is 2. The zero-order valence-electron chi connectivity index (χ0n) is 17.6. The molecule has 1 heterocycles. The van der Waals surface area contributed by atoms with E-state index in [0.717, 1.165) is 23.0 Å². The van der Waals surface area contributed by atoms with Gasteiger partial charge in [0, 0.05) is 24.5 Å². The van der Waals surface area contributed by atoms with Crippen molar-refractivity contribution in [3.05, 3.63) is 88.1 Å². The Kier molecular flexibility index (Phi) is 7.56. The maximum Gasteiger partial charge on any atom is 0.346 e. The Bertz CT molecular complexity index is 1150. The van der Waals surface area contributed by atoms with E-state index in [-0.39, 0.29) is 28.7 Å². The monoisotopic (exact) mass is 451 g/mol. The molecule has 0 aliphatic heterocycles. The summed E-state index contributed by atoms with van der Waals surface area (Å²) in [5, 5.41) is 11.3. The van der Waals surface area contributed by atoms with Crippen LogP contribution < -0.4 is 9.64 Å². The van der Waals surface area contributed by atoms with Crippen LogP contribution in [0.15, 0.2) is 71.9 Å². The number of ether oxygens (including phenoxy) is 1. The fourth-order valence-corrected chi connectivity index (χ4v) is 3.85. The Labute approximate surface area is 189 Å². The Morgan fingerprint density at radius 2 is 1.91 bits per heavy atom. The van der Waals surface area contributed by atoms with Crippen molar-refractivity contribution < 1.29 is 19.2 Å². The average molecular weight is 452 g/mol. The van der Waals surface area contributed by atoms with Crippen LogP contribution in [0, 0.1) is 17.0 Å². The van der Waals surface area contributed by atoms with E-state index >= 15 is 0 Å². The van der Waals surface area contributed by atoms with Gasteiger partial charge in [0.25, 0.3) is 5.69 Å². The van der Waals surface area contributed by atoms with E-state index in [0.29, 0.717) is 11.6 Å². The molecule has 0 spiro atoms. The molecule has 0 bridgehead atoms. The number of hydrogen-bond acceptors (Lipinski definition) is 7. The van der Waals surface area contributed by atoms with Gasteiger partial charge >= 0.3 is 5.97 Å². The lowest BCUT2D eigenvalue weighted by atomic mass is 10.2. The van der Waals surface area contributed by atoms with Crippen LogP contribution in [-0.2, 0) is 4.79 Å². The highest BCUT2D eigenvalue weighted by atomic mass is 32.2. The van der Waals surface area contributed by atoms with Crippen LogP contribution in [0.3, 0.4) is 0 Å². The van der Waals surface area contributed by atoms with E-state index in [2.05, 4.69) is 4.98 Å². The quantitative estimate of drug-likeness (QED) is 0.161. The average Bonchev–Trinajstić information content (AvgIpc) is 2.78. The van der Waals surface area contributed by atoms with Crippen LogP contribution in [0.2, 0.25) is 0 Å². The first-order chi connectivity index (χ1) is 15.4. The molecule has 3 aromatic rings. The molecule has 0 N–H and O–H groups in total. The molecule has 8 nitrogen and oxygen atoms in total. The number of non-ortho nitro benzene ring substituents is 1. The van der Waals surface area contributed by atoms with Crippen LogP contribution in [0.1, 0.15) is 22.8 Å². The van der Waals surface area contributed by atoms with Crippen molar-refractivity contribution in [2.75, 3.05) is 17.2 Å². The third-order valence-electron chi connectivity index (χ3n) is 4.49. The maximum absolute atomic E-state index is 12.8. The second-order valence-corrected chi connectivity index (χ2v) is 7.73. The summed E-state index contributed by atoms with van der Waals surface area (Å²) in [5.41, 5.74) is 1.86. The lowest BCUT2D eigenvalue weighted by Crippen LogP contribution is -2.32. The summed E-state index contributed by atoms with van der Waals surface area (Å²) < 4.78 is 5.30. The highest BCUT2D eigenvalue weighted by Crippen LogP contribution is 2.25. The molecule has 1 aromatic heterocycles. The van der Waals surface area contributed by atoms with Crippen LogP contribution in [0.5, 0.6) is 5.75 Å². The molecule has 3 rings (SSSR count). The molecule has 164 valence electrons. The number of amides is 1. The smallest absolute Gasteiger partial charge is 0.346 e. The van der Waals surface area contributed by atoms with Gasteiger partial charge in [-0.25, -0.2) is 9.78 Å². The molecule has 0 aliphatic rings. The Morgan fingerprint density at radius 3 is 2.62 bits per heavy atom. The van der Waals surface area contributed by atoms with Gasteiger partial charge in [-0.1, -0.05) is 30.0 Å². The second-order valence-electron chi connectivity index (χ2n) is 6.77. The van der Waals surface area contributed by atoms with E-state index < -0.39 is 10.9 Å². The van der Waals surface area contributed by atoms with Crippen molar-refractivity contribution in [2.24, 2.45) is 0 Å². The lowest BCUT2D eigenvalue weighted by molar-refractivity contribution is -0.384. The SMILES string of the molecule is CCN(C(=O)CSc1ncccc1C(=O)Oc1cccc([N+](=O)[O-])c1)c1cccc(C)c1. The summed E-state index contributed by atoms with van der Waals surface area (Å²) in [6, 6.07) is 16.2. The van der Waals surface area contributed by atoms with Gasteiger partial charge < -0.3 is 9.64 Å². The number of hydrogen-bond donors (Lipinski definition) is 0. The summed E-state index contributed by atoms with van der Waals surface area (Å²) >= 11 is 1.13. The molecule has 2 aromatic carbocycles. The van der Waals surface area contributed by atoms with Crippen molar-refractivity contribution in [1.82, 2.24) is 4.98 Å². The fraction of sp³-hybridized carbons (Fsp3) is 0.174. The fourth-order valence-electron chi connectivity index (χ4n) is 2.99. The van der Waals surface area contributed by atoms with Gasteiger partial charge in [0.1, 0.15) is 10.8 Å². The first kappa shape index (κ1) is 23.0. The summed E-state index contributed by atoms with van der Waals surface area (Å²) in [7, 11) is 0. The van der Waals surface area contributed by atoms with Crippen LogP contribution >= 0.6 is 11.8 Å². The van der Waals surface area contributed by atoms with Crippen molar-refractivity contribution in [2.45, 2.75) is 18.9 Å². The molecule has 0 saturated carbocycles. The van der Waals surface area contributed by atoms with E-state index in [9.17, 15) is 19.7 Å². The van der Waals surface area contributed by atoms with Gasteiger partial charge in [-0.05, 0) is 49.7 Å². The zero-order chi connectivity index (χ0) is 23.1. The minimum Gasteiger partial charge on any atom is -0.423 e. The first-order valence-electron chi connectivity index (χ1n) is 9.80. The Balaban J connectivity index is 1.72. The van der Waals surface area contributed by atoms with Crippen molar-refractivity contribution in [1.29, 1.82) is 0 Å². The minimum absolute atomic E-state index is 0.0525. The number of nitrogens with zero attached hydrogens (tertiary/aromatic N) is 3. The second kappa shape index (κ2) is 10.5. The highest BCUT2D eigenvalue weighted by molar-refractivity contribution is 8.00. The number of rotatable bonds is 8. The molecule has 32 heavy (non-hydrogen) atoms. The number of pyridine rings is 1. The van der Waals surface area contributed by atoms with Crippen molar-refractivity contribution in [3.63, 3.8) is 0 Å². The van der Waals surface area contributed by atoms with Gasteiger partial charge in [0.2, 0.25) is 5.91 Å². The van der Waals surface area contributed by atoms with Gasteiger partial charge in [-0.2, -0.15) is 0 Å². The zero-order valence-corrected chi connectivity index (χ0v) is 18.4. The third-order valence-corrected chi connectivity index (χ3v) is 5.48. The van der Waals surface area contributed by atoms with E-state index in [4.69, 9.17) is 4.74 Å². The summed E-state index contributed by atoms with van der Waals surface area (Å²) in [6.07, 6.45) is 1.52. The predicted molar refractivity (Wildman–Crippen MR) is 122 cm³/mol. The molecule has 0 unspecified atom stereocenters. The molecule has 9 heteroatoms. The summed E-state index contributed by atoms with van der Waals surface area (Å²) in [6.45, 7) is 4.37. The largest absolute Gasteiger partial charge is 0.423 e. The molecular weight excluding hydrogens is 430 g/mol. The molecule has 0 saturated heterocycles. The molecule has 0 atom stereocenters. The van der Waals surface area contributed by atoms with E-state index in [1.165, 1.54) is 36.5 Å². The molecular formula is C23H21N3O5S. The highest BCUT2D eigenvalue weighted by Gasteiger charge is 2.20. The topological polar surface area (TPSA) is 103 Å². The normalized spacial score (nSPS) is 10.4.